The van der Waals surface area contributed by atoms with Crippen LogP contribution in [0, 0.1) is 15.9 Å². The molecule has 1 heterocycles. The van der Waals surface area contributed by atoms with E-state index in [4.69, 9.17) is 4.74 Å². The molecule has 0 saturated carbocycles. The summed E-state index contributed by atoms with van der Waals surface area (Å²) in [6.45, 7) is 1.30. The normalized spacial score (nSPS) is 10.3. The van der Waals surface area contributed by atoms with E-state index in [-0.39, 0.29) is 31.6 Å². The van der Waals surface area contributed by atoms with Gasteiger partial charge in [0.2, 0.25) is 0 Å². The van der Waals surface area contributed by atoms with Gasteiger partial charge in [-0.3, -0.25) is 14.9 Å². The molecule has 0 saturated heterocycles. The third-order valence-corrected chi connectivity index (χ3v) is 4.07. The summed E-state index contributed by atoms with van der Waals surface area (Å²) in [4.78, 5) is 21.7. The molecule has 104 valence electrons. The predicted octanol–water partition coefficient (Wildman–Crippen LogP) is 4.55. The van der Waals surface area contributed by atoms with Gasteiger partial charge in [-0.25, -0.2) is 4.39 Å². The second-order valence-corrected chi connectivity index (χ2v) is 5.64. The van der Waals surface area contributed by atoms with Crippen LogP contribution in [0.5, 0.6) is 10.8 Å². The zero-order valence-corrected chi connectivity index (χ0v) is 12.5. The summed E-state index contributed by atoms with van der Waals surface area (Å²) in [7, 11) is 0. The lowest BCUT2D eigenvalue weighted by Crippen LogP contribution is -1.90. The fourth-order valence-corrected chi connectivity index (χ4v) is 2.52. The van der Waals surface area contributed by atoms with Gasteiger partial charge in [0, 0.05) is 12.1 Å². The van der Waals surface area contributed by atoms with Crippen molar-refractivity contribution in [2.45, 2.75) is 6.92 Å². The van der Waals surface area contributed by atoms with Crippen molar-refractivity contribution in [1.29, 1.82) is 0 Å². The Hall–Kier alpha value is -1.80. The van der Waals surface area contributed by atoms with Gasteiger partial charge in [0.25, 0.3) is 5.06 Å². The van der Waals surface area contributed by atoms with Crippen molar-refractivity contribution in [3.8, 4) is 10.8 Å². The molecule has 0 radical (unpaired) electrons. The average Bonchev–Trinajstić information content (AvgIpc) is 2.78. The van der Waals surface area contributed by atoms with Crippen molar-refractivity contribution in [1.82, 2.24) is 0 Å². The van der Waals surface area contributed by atoms with Gasteiger partial charge in [0.05, 0.1) is 14.3 Å². The molecule has 0 aliphatic rings. The van der Waals surface area contributed by atoms with Crippen LogP contribution >= 0.6 is 27.3 Å². The van der Waals surface area contributed by atoms with Gasteiger partial charge in [-0.1, -0.05) is 11.3 Å². The SMILES string of the molecule is CC(=O)c1cc([N+](=O)[O-])c(Oc2ccc(Br)c(F)c2)s1. The Morgan fingerprint density at radius 3 is 2.70 bits per heavy atom. The molecular formula is C12H7BrFNO4S. The highest BCUT2D eigenvalue weighted by molar-refractivity contribution is 9.10. The standard InChI is InChI=1S/C12H7BrFNO4S/c1-6(16)11-5-10(15(17)18)12(20-11)19-7-2-3-8(13)9(14)4-7/h2-5H,1H3. The van der Waals surface area contributed by atoms with Gasteiger partial charge in [0.1, 0.15) is 11.6 Å². The number of ether oxygens (including phenoxy) is 1. The maximum absolute atomic E-state index is 13.4. The van der Waals surface area contributed by atoms with Crippen LogP contribution in [0.4, 0.5) is 10.1 Å². The molecule has 1 aromatic carbocycles. The molecule has 0 N–H and O–H groups in total. The van der Waals surface area contributed by atoms with Crippen LogP contribution in [0.3, 0.4) is 0 Å². The van der Waals surface area contributed by atoms with Crippen molar-refractivity contribution < 1.29 is 18.8 Å². The van der Waals surface area contributed by atoms with Gasteiger partial charge >= 0.3 is 5.69 Å². The van der Waals surface area contributed by atoms with Crippen LogP contribution in [0.15, 0.2) is 28.7 Å². The number of nitrogens with zero attached hydrogens (tertiary/aromatic N) is 1. The highest BCUT2D eigenvalue weighted by Gasteiger charge is 2.23. The molecule has 1 aromatic heterocycles. The Balaban J connectivity index is 2.39. The predicted molar refractivity (Wildman–Crippen MR) is 75.2 cm³/mol. The molecule has 0 atom stereocenters. The summed E-state index contributed by atoms with van der Waals surface area (Å²) in [6, 6.07) is 5.14. The molecule has 0 aliphatic carbocycles. The van der Waals surface area contributed by atoms with Gasteiger partial charge in [-0.2, -0.15) is 0 Å². The van der Waals surface area contributed by atoms with E-state index < -0.39 is 10.7 Å². The lowest BCUT2D eigenvalue weighted by atomic mass is 10.3. The summed E-state index contributed by atoms with van der Waals surface area (Å²) < 4.78 is 18.9. The molecule has 0 aliphatic heterocycles. The van der Waals surface area contributed by atoms with Crippen LogP contribution in [-0.2, 0) is 0 Å². The number of hydrogen-bond acceptors (Lipinski definition) is 5. The first kappa shape index (κ1) is 14.6. The number of thiophene rings is 1. The first-order chi connectivity index (χ1) is 9.38. The van der Waals surface area contributed by atoms with Crippen molar-refractivity contribution >= 4 is 38.7 Å². The molecule has 0 spiro atoms. The average molecular weight is 360 g/mol. The third-order valence-electron chi connectivity index (χ3n) is 2.32. The molecule has 5 nitrogen and oxygen atoms in total. The van der Waals surface area contributed by atoms with Crippen molar-refractivity contribution in [3.63, 3.8) is 0 Å². The summed E-state index contributed by atoms with van der Waals surface area (Å²) in [5.41, 5.74) is -0.316. The second-order valence-electron chi connectivity index (χ2n) is 3.77. The Morgan fingerprint density at radius 2 is 2.15 bits per heavy atom. The number of halogens is 2. The van der Waals surface area contributed by atoms with Gasteiger partial charge in [-0.15, -0.1) is 0 Å². The quantitative estimate of drug-likeness (QED) is 0.456. The van der Waals surface area contributed by atoms with Crippen LogP contribution in [0.2, 0.25) is 0 Å². The molecule has 8 heteroatoms. The maximum Gasteiger partial charge on any atom is 0.323 e. The fourth-order valence-electron chi connectivity index (χ4n) is 1.39. The number of benzene rings is 1. The number of Topliss-reactive ketones (excluding diaryl/α,β-unsaturated/α-hetero) is 1. The van der Waals surface area contributed by atoms with E-state index in [9.17, 15) is 19.3 Å². The van der Waals surface area contributed by atoms with Crippen LogP contribution in [-0.4, -0.2) is 10.7 Å². The van der Waals surface area contributed by atoms with Crippen molar-refractivity contribution in [2.75, 3.05) is 0 Å². The first-order valence-electron chi connectivity index (χ1n) is 5.30. The number of ketones is 1. The highest BCUT2D eigenvalue weighted by Crippen LogP contribution is 2.40. The number of rotatable bonds is 4. The van der Waals surface area contributed by atoms with E-state index in [0.29, 0.717) is 0 Å². The monoisotopic (exact) mass is 359 g/mol. The molecule has 20 heavy (non-hydrogen) atoms. The Labute approximate surface area is 125 Å². The third kappa shape index (κ3) is 3.02. The summed E-state index contributed by atoms with van der Waals surface area (Å²) in [5, 5.41) is 10.9. The number of nitro groups is 1. The number of hydrogen-bond donors (Lipinski definition) is 0. The number of carbonyl (C=O) groups is 1. The van der Waals surface area contributed by atoms with Crippen molar-refractivity contribution in [3.05, 3.63) is 49.5 Å². The zero-order chi connectivity index (χ0) is 14.9. The fraction of sp³-hybridized carbons (Fsp3) is 0.0833. The van der Waals surface area contributed by atoms with E-state index in [0.717, 1.165) is 23.5 Å². The van der Waals surface area contributed by atoms with Crippen molar-refractivity contribution in [2.24, 2.45) is 0 Å². The summed E-state index contributed by atoms with van der Waals surface area (Å²) in [6.07, 6.45) is 0. The van der Waals surface area contributed by atoms with E-state index in [2.05, 4.69) is 15.9 Å². The maximum atomic E-state index is 13.4. The van der Waals surface area contributed by atoms with E-state index in [1.165, 1.54) is 19.1 Å². The second kappa shape index (κ2) is 5.68. The molecule has 2 rings (SSSR count). The van der Waals surface area contributed by atoms with Gasteiger partial charge in [-0.05, 0) is 35.0 Å². The van der Waals surface area contributed by atoms with Crippen LogP contribution < -0.4 is 4.74 Å². The zero-order valence-electron chi connectivity index (χ0n) is 10.1. The molecule has 0 bridgehead atoms. The van der Waals surface area contributed by atoms with Gasteiger partial charge < -0.3 is 4.74 Å². The lowest BCUT2D eigenvalue weighted by Gasteiger charge is -2.03. The highest BCUT2D eigenvalue weighted by atomic mass is 79.9. The smallest absolute Gasteiger partial charge is 0.323 e. The molecule has 2 aromatic rings. The lowest BCUT2D eigenvalue weighted by molar-refractivity contribution is -0.385. The largest absolute Gasteiger partial charge is 0.440 e. The Kier molecular flexibility index (Phi) is 4.15. The molecule has 0 unspecified atom stereocenters. The van der Waals surface area contributed by atoms with Gasteiger partial charge in [0.15, 0.2) is 5.78 Å². The minimum Gasteiger partial charge on any atom is -0.440 e. The Morgan fingerprint density at radius 1 is 1.45 bits per heavy atom. The Bertz CT molecular complexity index is 701. The van der Waals surface area contributed by atoms with E-state index in [1.54, 1.807) is 0 Å². The summed E-state index contributed by atoms with van der Waals surface area (Å²) in [5.74, 6) is -0.728. The van der Waals surface area contributed by atoms with Crippen LogP contribution in [0.25, 0.3) is 0 Å². The van der Waals surface area contributed by atoms with E-state index >= 15 is 0 Å². The van der Waals surface area contributed by atoms with Crippen LogP contribution in [0.1, 0.15) is 16.6 Å². The summed E-state index contributed by atoms with van der Waals surface area (Å²) >= 11 is 3.85. The minimum absolute atomic E-state index is 0.0538. The van der Waals surface area contributed by atoms with E-state index in [1.807, 2.05) is 0 Å². The topological polar surface area (TPSA) is 69.4 Å². The minimum atomic E-state index is -0.645. The molecule has 0 fully saturated rings. The number of carbonyl (C=O) groups excluding carboxylic acids is 1. The molecular weight excluding hydrogens is 353 g/mol. The first-order valence-corrected chi connectivity index (χ1v) is 6.91. The molecule has 0 amide bonds.